The Balaban J connectivity index is 1.57. The molecule has 0 bridgehead atoms. The van der Waals surface area contributed by atoms with Crippen LogP contribution in [-0.4, -0.2) is 81.7 Å². The number of fused-ring (bicyclic) bond motifs is 1. The van der Waals surface area contributed by atoms with Gasteiger partial charge >= 0.3 is 5.97 Å². The molecule has 2 aliphatic rings. The Morgan fingerprint density at radius 2 is 1.81 bits per heavy atom. The summed E-state index contributed by atoms with van der Waals surface area (Å²) in [5.74, 6) is -1.42. The molecule has 0 amide bonds. The summed E-state index contributed by atoms with van der Waals surface area (Å²) in [5, 5.41) is 51.0. The fourth-order valence-electron chi connectivity index (χ4n) is 4.05. The number of ketones is 1. The van der Waals surface area contributed by atoms with Gasteiger partial charge in [-0.05, 0) is 17.7 Å². The number of esters is 1. The van der Waals surface area contributed by atoms with Gasteiger partial charge in [-0.1, -0.05) is 6.07 Å². The Morgan fingerprint density at radius 1 is 1.06 bits per heavy atom. The van der Waals surface area contributed by atoms with Gasteiger partial charge in [0.05, 0.1) is 13.5 Å². The fraction of sp³-hybridized carbons (Fsp3) is 0.417. The van der Waals surface area contributed by atoms with Crippen LogP contribution in [0.3, 0.4) is 0 Å². The van der Waals surface area contributed by atoms with Crippen LogP contribution in [0.1, 0.15) is 35.4 Å². The first kappa shape index (κ1) is 25.5. The zero-order valence-corrected chi connectivity index (χ0v) is 19.4. The SMILES string of the molecule is COc1cc(C2CC(=O)c3c(O)cc(O[C@@H]4O[C@H](COC(C)=O)[C@@H](O)[C@H](O)[C@H]4O)cc3O2)ccc1O. The third kappa shape index (κ3) is 5.02. The van der Waals surface area contributed by atoms with E-state index in [0.717, 1.165) is 13.0 Å². The number of ether oxygens (including phenoxy) is 5. The number of aromatic hydroxyl groups is 2. The number of aliphatic hydroxyl groups excluding tert-OH is 3. The summed E-state index contributed by atoms with van der Waals surface area (Å²) >= 11 is 0. The molecule has 2 aromatic carbocycles. The van der Waals surface area contributed by atoms with Crippen LogP contribution in [0, 0.1) is 0 Å². The van der Waals surface area contributed by atoms with E-state index in [-0.39, 0.29) is 35.0 Å². The average molecular weight is 506 g/mol. The van der Waals surface area contributed by atoms with Gasteiger partial charge in [0.2, 0.25) is 6.29 Å². The molecule has 2 aliphatic heterocycles. The van der Waals surface area contributed by atoms with Crippen molar-refractivity contribution in [1.82, 2.24) is 0 Å². The first-order chi connectivity index (χ1) is 17.1. The molecule has 1 fully saturated rings. The van der Waals surface area contributed by atoms with Crippen molar-refractivity contribution < 1.29 is 58.8 Å². The number of carbonyl (C=O) groups is 2. The van der Waals surface area contributed by atoms with Gasteiger partial charge in [0.15, 0.2) is 17.3 Å². The maximum Gasteiger partial charge on any atom is 0.302 e. The van der Waals surface area contributed by atoms with E-state index in [1.807, 2.05) is 0 Å². The van der Waals surface area contributed by atoms with Crippen molar-refractivity contribution in [2.45, 2.75) is 50.2 Å². The highest BCUT2D eigenvalue weighted by Crippen LogP contribution is 2.43. The number of methoxy groups -OCH3 is 1. The van der Waals surface area contributed by atoms with E-state index in [1.54, 1.807) is 6.07 Å². The summed E-state index contributed by atoms with van der Waals surface area (Å²) < 4.78 is 27.0. The minimum absolute atomic E-state index is 0.000590. The predicted octanol–water partition coefficient (Wildman–Crippen LogP) is 0.562. The topological polar surface area (TPSA) is 181 Å². The van der Waals surface area contributed by atoms with E-state index in [4.69, 9.17) is 23.7 Å². The number of aliphatic hydroxyl groups is 3. The minimum atomic E-state index is -1.69. The first-order valence-electron chi connectivity index (χ1n) is 11.0. The molecule has 12 heteroatoms. The second-order valence-corrected chi connectivity index (χ2v) is 8.42. The summed E-state index contributed by atoms with van der Waals surface area (Å²) in [4.78, 5) is 23.9. The van der Waals surface area contributed by atoms with E-state index in [1.165, 1.54) is 25.3 Å². The van der Waals surface area contributed by atoms with Crippen molar-refractivity contribution in [2.24, 2.45) is 0 Å². The van der Waals surface area contributed by atoms with E-state index in [0.29, 0.717) is 5.56 Å². The zero-order valence-electron chi connectivity index (χ0n) is 19.4. The van der Waals surface area contributed by atoms with Crippen LogP contribution in [-0.2, 0) is 14.3 Å². The maximum atomic E-state index is 12.8. The van der Waals surface area contributed by atoms with Gasteiger partial charge in [-0.25, -0.2) is 0 Å². The predicted molar refractivity (Wildman–Crippen MR) is 119 cm³/mol. The Hall–Kier alpha value is -3.58. The molecule has 0 saturated carbocycles. The Morgan fingerprint density at radius 3 is 2.50 bits per heavy atom. The second-order valence-electron chi connectivity index (χ2n) is 8.42. The van der Waals surface area contributed by atoms with E-state index >= 15 is 0 Å². The van der Waals surface area contributed by atoms with Crippen LogP contribution in [0.4, 0.5) is 0 Å². The monoisotopic (exact) mass is 506 g/mol. The third-order valence-electron chi connectivity index (χ3n) is 5.92. The standard InChI is InChI=1S/C24H26O12/c1-10(25)33-9-19-21(29)22(30)23(31)24(36-19)34-12-6-14(27)20-15(28)8-16(35-18(20)7-12)11-3-4-13(26)17(5-11)32-2/h3-7,16,19,21-24,26-27,29-31H,8-9H2,1-2H3/t16?,19-,21-,22+,23-,24-/m1/s1. The molecule has 12 nitrogen and oxygen atoms in total. The number of hydrogen-bond donors (Lipinski definition) is 5. The number of carbonyl (C=O) groups excluding carboxylic acids is 2. The van der Waals surface area contributed by atoms with Crippen LogP contribution in [0.2, 0.25) is 0 Å². The van der Waals surface area contributed by atoms with E-state index in [9.17, 15) is 35.1 Å². The van der Waals surface area contributed by atoms with E-state index in [2.05, 4.69) is 0 Å². The normalized spacial score (nSPS) is 27.5. The number of rotatable bonds is 6. The molecule has 1 unspecified atom stereocenters. The lowest BCUT2D eigenvalue weighted by Crippen LogP contribution is -2.60. The summed E-state index contributed by atoms with van der Waals surface area (Å²) in [7, 11) is 1.39. The molecule has 4 rings (SSSR count). The highest BCUT2D eigenvalue weighted by molar-refractivity contribution is 6.02. The summed E-state index contributed by atoms with van der Waals surface area (Å²) in [6, 6.07) is 6.94. The highest BCUT2D eigenvalue weighted by Gasteiger charge is 2.45. The zero-order chi connectivity index (χ0) is 26.1. The molecular formula is C24H26O12. The van der Waals surface area contributed by atoms with Crippen LogP contribution in [0.25, 0.3) is 0 Å². The van der Waals surface area contributed by atoms with Gasteiger partial charge in [0.25, 0.3) is 0 Å². The minimum Gasteiger partial charge on any atom is -0.507 e. The van der Waals surface area contributed by atoms with E-state index < -0.39 is 60.9 Å². The summed E-state index contributed by atoms with van der Waals surface area (Å²) in [5.41, 5.74) is 0.489. The van der Waals surface area contributed by atoms with Crippen molar-refractivity contribution in [1.29, 1.82) is 0 Å². The quantitative estimate of drug-likeness (QED) is 0.344. The van der Waals surface area contributed by atoms with Crippen molar-refractivity contribution in [3.63, 3.8) is 0 Å². The van der Waals surface area contributed by atoms with Gasteiger partial charge in [-0.2, -0.15) is 0 Å². The van der Waals surface area contributed by atoms with Crippen LogP contribution in [0.15, 0.2) is 30.3 Å². The Bertz CT molecular complexity index is 1150. The van der Waals surface area contributed by atoms with Crippen molar-refractivity contribution >= 4 is 11.8 Å². The number of phenolic OH excluding ortho intramolecular Hbond substituents is 2. The second kappa shape index (κ2) is 10.2. The molecular weight excluding hydrogens is 480 g/mol. The fourth-order valence-corrected chi connectivity index (χ4v) is 4.05. The Labute approximate surface area is 205 Å². The number of benzene rings is 2. The Kier molecular flexibility index (Phi) is 7.22. The van der Waals surface area contributed by atoms with Crippen LogP contribution < -0.4 is 14.2 Å². The molecule has 6 atom stereocenters. The average Bonchev–Trinajstić information content (AvgIpc) is 2.83. The molecule has 2 heterocycles. The number of phenols is 2. The lowest BCUT2D eigenvalue weighted by atomic mass is 9.95. The maximum absolute atomic E-state index is 12.8. The molecule has 0 radical (unpaired) electrons. The summed E-state index contributed by atoms with van der Waals surface area (Å²) in [6.45, 7) is 0.762. The van der Waals surface area contributed by atoms with Crippen molar-refractivity contribution in [3.05, 3.63) is 41.5 Å². The first-order valence-corrected chi connectivity index (χ1v) is 11.0. The van der Waals surface area contributed by atoms with Gasteiger partial charge in [-0.15, -0.1) is 0 Å². The molecule has 5 N–H and O–H groups in total. The lowest BCUT2D eigenvalue weighted by molar-refractivity contribution is -0.278. The lowest BCUT2D eigenvalue weighted by Gasteiger charge is -2.40. The summed E-state index contributed by atoms with van der Waals surface area (Å²) in [6.07, 6.45) is -8.47. The van der Waals surface area contributed by atoms with Gasteiger partial charge in [0.1, 0.15) is 59.9 Å². The van der Waals surface area contributed by atoms with Crippen LogP contribution in [0.5, 0.6) is 28.7 Å². The highest BCUT2D eigenvalue weighted by atomic mass is 16.7. The number of Topliss-reactive ketones (excluding diaryl/α,β-unsaturated/α-hetero) is 1. The number of hydrogen-bond acceptors (Lipinski definition) is 12. The van der Waals surface area contributed by atoms with Gasteiger partial charge < -0.3 is 49.2 Å². The van der Waals surface area contributed by atoms with Gasteiger partial charge in [0, 0.05) is 19.1 Å². The molecule has 0 aromatic heterocycles. The molecule has 0 spiro atoms. The van der Waals surface area contributed by atoms with Crippen molar-refractivity contribution in [3.8, 4) is 28.7 Å². The molecule has 194 valence electrons. The molecule has 36 heavy (non-hydrogen) atoms. The smallest absolute Gasteiger partial charge is 0.302 e. The molecule has 2 aromatic rings. The third-order valence-corrected chi connectivity index (χ3v) is 5.92. The molecule has 1 saturated heterocycles. The van der Waals surface area contributed by atoms with Crippen LogP contribution >= 0.6 is 0 Å². The largest absolute Gasteiger partial charge is 0.507 e. The van der Waals surface area contributed by atoms with Crippen molar-refractivity contribution in [2.75, 3.05) is 13.7 Å². The van der Waals surface area contributed by atoms with Gasteiger partial charge in [-0.3, -0.25) is 9.59 Å². The molecule has 0 aliphatic carbocycles.